The number of unbranched alkanes of at least 4 members (excludes halogenated alkanes) is 19. The van der Waals surface area contributed by atoms with Crippen LogP contribution in [0.1, 0.15) is 213 Å². The SMILES string of the molecule is CC/C=C\C/C=C\C/C=C\CC(=O)OCC(COC(=O)CCCCCCC/C=C\CCCCCCCCCCC)OC(=O)CCCCCCC/C=C\C/C=C\CC. The number of allylic oxidation sites excluding steroid dienone is 11. The summed E-state index contributed by atoms with van der Waals surface area (Å²) in [6, 6.07) is 0. The first-order valence-corrected chi connectivity index (χ1v) is 23.4. The number of carbonyl (C=O) groups is 3. The summed E-state index contributed by atoms with van der Waals surface area (Å²) in [6.07, 6.45) is 56.4. The van der Waals surface area contributed by atoms with E-state index in [-0.39, 0.29) is 31.6 Å². The van der Waals surface area contributed by atoms with Crippen LogP contribution in [0, 0.1) is 0 Å². The first-order chi connectivity index (χ1) is 28.0. The molecule has 0 aliphatic heterocycles. The van der Waals surface area contributed by atoms with Gasteiger partial charge in [-0.1, -0.05) is 184 Å². The molecule has 0 saturated carbocycles. The first-order valence-electron chi connectivity index (χ1n) is 23.4. The molecule has 0 spiro atoms. The Labute approximate surface area is 351 Å². The Balaban J connectivity index is 4.39. The Morgan fingerprint density at radius 2 is 0.754 bits per heavy atom. The molecule has 6 heteroatoms. The fourth-order valence-corrected chi connectivity index (χ4v) is 6.24. The zero-order valence-electron chi connectivity index (χ0n) is 37.1. The van der Waals surface area contributed by atoms with E-state index in [1.54, 1.807) is 6.08 Å². The van der Waals surface area contributed by atoms with E-state index >= 15 is 0 Å². The van der Waals surface area contributed by atoms with Gasteiger partial charge in [-0.3, -0.25) is 14.4 Å². The van der Waals surface area contributed by atoms with Crippen LogP contribution in [0.2, 0.25) is 0 Å². The van der Waals surface area contributed by atoms with Gasteiger partial charge in [0.1, 0.15) is 13.2 Å². The Bertz CT molecular complexity index is 1100. The van der Waals surface area contributed by atoms with E-state index < -0.39 is 12.1 Å². The molecular formula is C51H86O6. The maximum Gasteiger partial charge on any atom is 0.309 e. The van der Waals surface area contributed by atoms with Crippen LogP contribution in [0.25, 0.3) is 0 Å². The predicted octanol–water partition coefficient (Wildman–Crippen LogP) is 15.1. The average molecular weight is 795 g/mol. The summed E-state index contributed by atoms with van der Waals surface area (Å²) in [4.78, 5) is 37.6. The molecule has 0 saturated heterocycles. The normalized spacial score (nSPS) is 12.7. The highest BCUT2D eigenvalue weighted by molar-refractivity contribution is 5.72. The average Bonchev–Trinajstić information content (AvgIpc) is 3.21. The fraction of sp³-hybridized carbons (Fsp3) is 0.706. The number of rotatable bonds is 41. The Hall–Kier alpha value is -3.15. The Morgan fingerprint density at radius 3 is 1.25 bits per heavy atom. The third kappa shape index (κ3) is 43.8. The summed E-state index contributed by atoms with van der Waals surface area (Å²) in [5.41, 5.74) is 0. The lowest BCUT2D eigenvalue weighted by Gasteiger charge is -2.18. The highest BCUT2D eigenvalue weighted by atomic mass is 16.6. The number of hydrogen-bond donors (Lipinski definition) is 0. The zero-order chi connectivity index (χ0) is 41.5. The van der Waals surface area contributed by atoms with E-state index in [4.69, 9.17) is 14.2 Å². The van der Waals surface area contributed by atoms with Gasteiger partial charge in [-0.2, -0.15) is 0 Å². The monoisotopic (exact) mass is 795 g/mol. The second kappa shape index (κ2) is 45.6. The molecule has 0 aromatic heterocycles. The molecule has 0 aliphatic carbocycles. The molecule has 57 heavy (non-hydrogen) atoms. The van der Waals surface area contributed by atoms with Crippen molar-refractivity contribution >= 4 is 17.9 Å². The Morgan fingerprint density at radius 1 is 0.386 bits per heavy atom. The van der Waals surface area contributed by atoms with Crippen LogP contribution in [-0.2, 0) is 28.6 Å². The molecule has 0 rings (SSSR count). The largest absolute Gasteiger partial charge is 0.462 e. The van der Waals surface area contributed by atoms with E-state index in [0.717, 1.165) is 103 Å². The molecule has 1 atom stereocenters. The number of carbonyl (C=O) groups excluding carboxylic acids is 3. The van der Waals surface area contributed by atoms with Gasteiger partial charge in [-0.25, -0.2) is 0 Å². The van der Waals surface area contributed by atoms with Crippen LogP contribution >= 0.6 is 0 Å². The van der Waals surface area contributed by atoms with Gasteiger partial charge in [-0.05, 0) is 83.5 Å². The minimum atomic E-state index is -0.819. The minimum absolute atomic E-state index is 0.113. The van der Waals surface area contributed by atoms with E-state index in [2.05, 4.69) is 81.5 Å². The van der Waals surface area contributed by atoms with Gasteiger partial charge in [0.15, 0.2) is 6.10 Å². The molecule has 6 nitrogen and oxygen atoms in total. The molecule has 0 fully saturated rings. The van der Waals surface area contributed by atoms with Crippen LogP contribution in [0.15, 0.2) is 72.9 Å². The Kier molecular flexibility index (Phi) is 43.0. The lowest BCUT2D eigenvalue weighted by Crippen LogP contribution is -2.30. The minimum Gasteiger partial charge on any atom is -0.462 e. The second-order valence-corrected chi connectivity index (χ2v) is 15.3. The molecule has 0 aliphatic rings. The van der Waals surface area contributed by atoms with Crippen LogP contribution in [0.4, 0.5) is 0 Å². The molecule has 0 amide bonds. The van der Waals surface area contributed by atoms with Gasteiger partial charge < -0.3 is 14.2 Å². The van der Waals surface area contributed by atoms with Gasteiger partial charge in [0.05, 0.1) is 6.42 Å². The third-order valence-corrected chi connectivity index (χ3v) is 9.71. The molecule has 0 aromatic rings. The van der Waals surface area contributed by atoms with Crippen molar-refractivity contribution < 1.29 is 28.6 Å². The molecule has 0 radical (unpaired) electrons. The molecular weight excluding hydrogens is 709 g/mol. The van der Waals surface area contributed by atoms with Crippen LogP contribution in [0.3, 0.4) is 0 Å². The van der Waals surface area contributed by atoms with Crippen LogP contribution < -0.4 is 0 Å². The second-order valence-electron chi connectivity index (χ2n) is 15.3. The quantitative estimate of drug-likeness (QED) is 0.0265. The van der Waals surface area contributed by atoms with E-state index in [0.29, 0.717) is 12.8 Å². The predicted molar refractivity (Wildman–Crippen MR) is 242 cm³/mol. The van der Waals surface area contributed by atoms with Crippen molar-refractivity contribution in [3.63, 3.8) is 0 Å². The summed E-state index contributed by atoms with van der Waals surface area (Å²) >= 11 is 0. The van der Waals surface area contributed by atoms with Crippen molar-refractivity contribution in [2.24, 2.45) is 0 Å². The topological polar surface area (TPSA) is 78.9 Å². The van der Waals surface area contributed by atoms with Gasteiger partial charge in [0, 0.05) is 12.8 Å². The highest BCUT2D eigenvalue weighted by Gasteiger charge is 2.19. The van der Waals surface area contributed by atoms with E-state index in [1.807, 2.05) is 6.08 Å². The lowest BCUT2D eigenvalue weighted by atomic mass is 10.1. The van der Waals surface area contributed by atoms with Crippen LogP contribution in [0.5, 0.6) is 0 Å². The first kappa shape index (κ1) is 53.9. The van der Waals surface area contributed by atoms with Crippen LogP contribution in [-0.4, -0.2) is 37.2 Å². The van der Waals surface area contributed by atoms with Crippen molar-refractivity contribution in [3.8, 4) is 0 Å². The van der Waals surface area contributed by atoms with Gasteiger partial charge in [0.2, 0.25) is 0 Å². The van der Waals surface area contributed by atoms with Gasteiger partial charge >= 0.3 is 17.9 Å². The van der Waals surface area contributed by atoms with Crippen molar-refractivity contribution in [1.82, 2.24) is 0 Å². The maximum atomic E-state index is 12.7. The van der Waals surface area contributed by atoms with E-state index in [1.165, 1.54) is 70.6 Å². The smallest absolute Gasteiger partial charge is 0.309 e. The number of hydrogen-bond acceptors (Lipinski definition) is 6. The third-order valence-electron chi connectivity index (χ3n) is 9.71. The van der Waals surface area contributed by atoms with E-state index in [9.17, 15) is 14.4 Å². The summed E-state index contributed by atoms with van der Waals surface area (Å²) in [6.45, 7) is 6.28. The van der Waals surface area contributed by atoms with Crippen molar-refractivity contribution in [1.29, 1.82) is 0 Å². The number of ether oxygens (including phenoxy) is 3. The van der Waals surface area contributed by atoms with Crippen molar-refractivity contribution in [2.75, 3.05) is 13.2 Å². The van der Waals surface area contributed by atoms with Gasteiger partial charge in [0.25, 0.3) is 0 Å². The summed E-state index contributed by atoms with van der Waals surface area (Å²) in [5, 5.41) is 0. The molecule has 0 aromatic carbocycles. The fourth-order valence-electron chi connectivity index (χ4n) is 6.24. The van der Waals surface area contributed by atoms with Gasteiger partial charge in [-0.15, -0.1) is 0 Å². The summed E-state index contributed by atoms with van der Waals surface area (Å²) < 4.78 is 16.6. The lowest BCUT2D eigenvalue weighted by molar-refractivity contribution is -0.166. The van der Waals surface area contributed by atoms with Crippen molar-refractivity contribution in [3.05, 3.63) is 72.9 Å². The zero-order valence-corrected chi connectivity index (χ0v) is 37.1. The molecule has 1 unspecified atom stereocenters. The molecule has 0 N–H and O–H groups in total. The highest BCUT2D eigenvalue weighted by Crippen LogP contribution is 2.13. The standard InChI is InChI=1S/C51H86O6/c1-4-7-10-13-16-19-21-23-24-25-26-27-28-30-32-35-38-41-44-50(53)56-47-48(46-55-49(52)43-40-37-34-31-18-15-12-9-6-3)57-51(54)45-42-39-36-33-29-22-20-17-14-11-8-5-2/h8-9,11-12,17-18,20,26-27,31,37,40,48H,4-7,10,13-16,19,21-25,28-30,32-36,38-39,41-47H2,1-3H3/b11-8-,12-9-,20-17-,27-26-,31-18-,40-37-. The molecule has 0 bridgehead atoms. The summed E-state index contributed by atoms with van der Waals surface area (Å²) in [5.74, 6) is -1.07. The maximum absolute atomic E-state index is 12.7. The number of esters is 3. The summed E-state index contributed by atoms with van der Waals surface area (Å²) in [7, 11) is 0. The molecule has 0 heterocycles. The molecule has 326 valence electrons. The van der Waals surface area contributed by atoms with Crippen molar-refractivity contribution in [2.45, 2.75) is 219 Å².